The number of benzene rings is 1. The van der Waals surface area contributed by atoms with Crippen LogP contribution in [0.15, 0.2) is 42.0 Å². The van der Waals surface area contributed by atoms with Crippen LogP contribution in [0, 0.1) is 0 Å². The number of ether oxygens (including phenoxy) is 1. The minimum absolute atomic E-state index is 0.00139. The van der Waals surface area contributed by atoms with Crippen molar-refractivity contribution in [2.24, 2.45) is 0 Å². The molecule has 0 fully saturated rings. The van der Waals surface area contributed by atoms with E-state index in [0.29, 0.717) is 11.1 Å². The highest BCUT2D eigenvalue weighted by Crippen LogP contribution is 2.23. The predicted octanol–water partition coefficient (Wildman–Crippen LogP) is 3.14. The molecule has 0 radical (unpaired) electrons. The number of hydrogen-bond acceptors (Lipinski definition) is 3. The molecule has 0 aliphatic carbocycles. The summed E-state index contributed by atoms with van der Waals surface area (Å²) in [4.78, 5) is 22.5. The lowest BCUT2D eigenvalue weighted by Crippen LogP contribution is -2.25. The van der Waals surface area contributed by atoms with Crippen LogP contribution in [0.1, 0.15) is 18.9 Å². The van der Waals surface area contributed by atoms with Crippen LogP contribution >= 0.6 is 0 Å². The molecule has 0 unspecified atom stereocenters. The molecule has 5 nitrogen and oxygen atoms in total. The maximum atomic E-state index is 12.1. The number of halogens is 3. The highest BCUT2D eigenvalue weighted by molar-refractivity contribution is 5.93. The van der Waals surface area contributed by atoms with Gasteiger partial charge in [-0.15, -0.1) is 13.2 Å². The van der Waals surface area contributed by atoms with Crippen molar-refractivity contribution in [1.29, 1.82) is 0 Å². The third kappa shape index (κ3) is 6.99. The number of carboxylic acids is 1. The summed E-state index contributed by atoms with van der Waals surface area (Å²) < 4.78 is 39.9. The average molecular weight is 343 g/mol. The molecule has 0 saturated heterocycles. The highest BCUT2D eigenvalue weighted by Gasteiger charge is 2.30. The van der Waals surface area contributed by atoms with E-state index in [2.05, 4.69) is 16.6 Å². The average Bonchev–Trinajstić information content (AvgIpc) is 2.46. The second kappa shape index (κ2) is 8.19. The van der Waals surface area contributed by atoms with Crippen molar-refractivity contribution in [1.82, 2.24) is 5.32 Å². The van der Waals surface area contributed by atoms with Gasteiger partial charge in [-0.1, -0.05) is 18.7 Å². The van der Waals surface area contributed by atoms with Crippen LogP contribution in [-0.2, 0) is 9.59 Å². The van der Waals surface area contributed by atoms with Gasteiger partial charge in [-0.3, -0.25) is 4.79 Å². The molecular weight excluding hydrogens is 327 g/mol. The Labute approximate surface area is 136 Å². The quantitative estimate of drug-likeness (QED) is 0.746. The zero-order valence-corrected chi connectivity index (χ0v) is 12.8. The molecule has 0 bridgehead atoms. The lowest BCUT2D eigenvalue weighted by atomic mass is 10.1. The van der Waals surface area contributed by atoms with Gasteiger partial charge in [0.15, 0.2) is 0 Å². The van der Waals surface area contributed by atoms with Crippen LogP contribution < -0.4 is 10.1 Å². The van der Waals surface area contributed by atoms with Crippen molar-refractivity contribution in [2.45, 2.75) is 19.7 Å². The summed E-state index contributed by atoms with van der Waals surface area (Å²) in [7, 11) is 0. The number of hydrogen-bond donors (Lipinski definition) is 2. The number of alkyl halides is 3. The van der Waals surface area contributed by atoms with E-state index in [1.165, 1.54) is 25.1 Å². The van der Waals surface area contributed by atoms with Gasteiger partial charge in [0, 0.05) is 17.7 Å². The normalized spacial score (nSPS) is 11.8. The summed E-state index contributed by atoms with van der Waals surface area (Å²) >= 11 is 0. The van der Waals surface area contributed by atoms with E-state index in [4.69, 9.17) is 5.11 Å². The van der Waals surface area contributed by atoms with Crippen LogP contribution in [0.2, 0.25) is 0 Å². The molecule has 1 rings (SSSR count). The maximum absolute atomic E-state index is 12.1. The molecule has 1 aromatic carbocycles. The summed E-state index contributed by atoms with van der Waals surface area (Å²) in [5.41, 5.74) is 0.700. The summed E-state index contributed by atoms with van der Waals surface area (Å²) in [6.07, 6.45) is -3.42. The molecule has 8 heteroatoms. The van der Waals surface area contributed by atoms with Gasteiger partial charge in [0.25, 0.3) is 0 Å². The van der Waals surface area contributed by atoms with E-state index in [0.717, 1.165) is 12.1 Å². The third-order valence-electron chi connectivity index (χ3n) is 2.80. The largest absolute Gasteiger partial charge is 0.573 e. The van der Waals surface area contributed by atoms with Crippen molar-refractivity contribution in [3.05, 3.63) is 47.6 Å². The molecule has 24 heavy (non-hydrogen) atoms. The SMILES string of the molecule is C=C(C)C(=O)NCC/C(=C\c1ccc(OC(F)(F)F)cc1)C(=O)O. The Morgan fingerprint density at radius 1 is 1.29 bits per heavy atom. The number of carbonyl (C=O) groups is 2. The minimum atomic E-state index is -4.79. The predicted molar refractivity (Wildman–Crippen MR) is 81.2 cm³/mol. The number of aliphatic carboxylic acids is 1. The van der Waals surface area contributed by atoms with Gasteiger partial charge in [0.2, 0.25) is 5.91 Å². The van der Waals surface area contributed by atoms with E-state index in [1.54, 1.807) is 0 Å². The standard InChI is InChI=1S/C16H16F3NO4/c1-10(2)14(21)20-8-7-12(15(22)23)9-11-3-5-13(6-4-11)24-16(17,18)19/h3-6,9H,1,7-8H2,2H3,(H,20,21)(H,22,23)/b12-9+. The molecule has 0 aliphatic heterocycles. The lowest BCUT2D eigenvalue weighted by molar-refractivity contribution is -0.274. The molecule has 1 amide bonds. The van der Waals surface area contributed by atoms with E-state index < -0.39 is 18.1 Å². The van der Waals surface area contributed by atoms with Crippen LogP contribution in [0.5, 0.6) is 5.75 Å². The number of rotatable bonds is 7. The first-order chi connectivity index (χ1) is 11.1. The van der Waals surface area contributed by atoms with E-state index in [-0.39, 0.29) is 24.4 Å². The van der Waals surface area contributed by atoms with E-state index >= 15 is 0 Å². The minimum Gasteiger partial charge on any atom is -0.478 e. The fourth-order valence-electron chi connectivity index (χ4n) is 1.67. The smallest absolute Gasteiger partial charge is 0.478 e. The molecule has 1 aromatic rings. The fourth-order valence-corrected chi connectivity index (χ4v) is 1.67. The zero-order chi connectivity index (χ0) is 18.3. The Kier molecular flexibility index (Phi) is 6.58. The number of nitrogens with one attached hydrogen (secondary N) is 1. The first-order valence-corrected chi connectivity index (χ1v) is 6.82. The van der Waals surface area contributed by atoms with Gasteiger partial charge in [0.05, 0.1) is 0 Å². The van der Waals surface area contributed by atoms with Crippen molar-refractivity contribution in [3.63, 3.8) is 0 Å². The Morgan fingerprint density at radius 2 is 1.88 bits per heavy atom. The Bertz CT molecular complexity index is 648. The van der Waals surface area contributed by atoms with Crippen LogP contribution in [-0.4, -0.2) is 29.9 Å². The Balaban J connectivity index is 2.76. The number of carboxylic acid groups (broad SMARTS) is 1. The Morgan fingerprint density at radius 3 is 2.33 bits per heavy atom. The molecule has 0 saturated carbocycles. The molecule has 2 N–H and O–H groups in total. The molecule has 0 spiro atoms. The van der Waals surface area contributed by atoms with Crippen molar-refractivity contribution < 1.29 is 32.6 Å². The first-order valence-electron chi connectivity index (χ1n) is 6.82. The first kappa shape index (κ1) is 19.3. The third-order valence-corrected chi connectivity index (χ3v) is 2.80. The Hall–Kier alpha value is -2.77. The zero-order valence-electron chi connectivity index (χ0n) is 12.8. The van der Waals surface area contributed by atoms with Crippen molar-refractivity contribution in [2.75, 3.05) is 6.54 Å². The molecule has 0 atom stereocenters. The van der Waals surface area contributed by atoms with Crippen LogP contribution in [0.3, 0.4) is 0 Å². The fraction of sp³-hybridized carbons (Fsp3) is 0.250. The van der Waals surface area contributed by atoms with Gasteiger partial charge < -0.3 is 15.2 Å². The van der Waals surface area contributed by atoms with Crippen molar-refractivity contribution in [3.8, 4) is 5.75 Å². The molecular formula is C16H16F3NO4. The van der Waals surface area contributed by atoms with Crippen molar-refractivity contribution >= 4 is 18.0 Å². The van der Waals surface area contributed by atoms with Gasteiger partial charge in [0.1, 0.15) is 5.75 Å². The second-order valence-corrected chi connectivity index (χ2v) is 4.88. The maximum Gasteiger partial charge on any atom is 0.573 e. The lowest BCUT2D eigenvalue weighted by Gasteiger charge is -2.09. The summed E-state index contributed by atoms with van der Waals surface area (Å²) in [6, 6.07) is 4.77. The molecule has 0 aliphatic rings. The summed E-state index contributed by atoms with van der Waals surface area (Å²) in [5.74, 6) is -1.96. The molecule has 130 valence electrons. The van der Waals surface area contributed by atoms with E-state index in [1.807, 2.05) is 0 Å². The highest BCUT2D eigenvalue weighted by atomic mass is 19.4. The molecule has 0 heterocycles. The second-order valence-electron chi connectivity index (χ2n) is 4.88. The topological polar surface area (TPSA) is 75.6 Å². The van der Waals surface area contributed by atoms with Gasteiger partial charge in [-0.25, -0.2) is 4.79 Å². The number of amides is 1. The van der Waals surface area contributed by atoms with Gasteiger partial charge in [-0.2, -0.15) is 0 Å². The van der Waals surface area contributed by atoms with Crippen LogP contribution in [0.4, 0.5) is 13.2 Å². The summed E-state index contributed by atoms with van der Waals surface area (Å²) in [5, 5.41) is 11.6. The monoisotopic (exact) mass is 343 g/mol. The summed E-state index contributed by atoms with van der Waals surface area (Å²) in [6.45, 7) is 5.07. The van der Waals surface area contributed by atoms with Gasteiger partial charge >= 0.3 is 12.3 Å². The van der Waals surface area contributed by atoms with Gasteiger partial charge in [-0.05, 0) is 37.1 Å². The van der Waals surface area contributed by atoms with Crippen LogP contribution in [0.25, 0.3) is 6.08 Å². The number of carbonyl (C=O) groups excluding carboxylic acids is 1. The van der Waals surface area contributed by atoms with E-state index in [9.17, 15) is 22.8 Å². The molecule has 0 aromatic heterocycles.